The average Bonchev–Trinajstić information content (AvgIpc) is 2.44. The van der Waals surface area contributed by atoms with Gasteiger partial charge in [0.1, 0.15) is 6.04 Å². The van der Waals surface area contributed by atoms with Crippen molar-refractivity contribution < 1.29 is 14.4 Å². The molecule has 0 aromatic carbocycles. The second-order valence-corrected chi connectivity index (χ2v) is 7.41. The number of rotatable bonds is 4. The number of nitrogens with one attached hydrogen (secondary N) is 1. The molecule has 0 aliphatic heterocycles. The number of carbonyl (C=O) groups is 2. The summed E-state index contributed by atoms with van der Waals surface area (Å²) in [6.07, 6.45) is 7.00. The molecule has 118 valence electrons. The Bertz CT molecular complexity index is 414. The van der Waals surface area contributed by atoms with Crippen molar-refractivity contribution >= 4 is 11.8 Å². The van der Waals surface area contributed by atoms with Crippen LogP contribution in [0.4, 0.5) is 0 Å². The Morgan fingerprint density at radius 2 is 1.62 bits per heavy atom. The third-order valence-electron chi connectivity index (χ3n) is 5.82. The van der Waals surface area contributed by atoms with Crippen molar-refractivity contribution in [1.82, 2.24) is 10.4 Å². The Morgan fingerprint density at radius 1 is 1.14 bits per heavy atom. The highest BCUT2D eigenvalue weighted by Crippen LogP contribution is 2.60. The van der Waals surface area contributed by atoms with Crippen LogP contribution in [0.2, 0.25) is 0 Å². The molecule has 0 aromatic heterocycles. The summed E-state index contributed by atoms with van der Waals surface area (Å²) in [6, 6.07) is -0.532. The molecule has 0 aromatic rings. The first-order valence-corrected chi connectivity index (χ1v) is 8.06. The second-order valence-electron chi connectivity index (χ2n) is 7.41. The Morgan fingerprint density at radius 3 is 2.05 bits per heavy atom. The summed E-state index contributed by atoms with van der Waals surface area (Å²) >= 11 is 0. The van der Waals surface area contributed by atoms with Crippen molar-refractivity contribution in [1.29, 1.82) is 0 Å². The van der Waals surface area contributed by atoms with E-state index in [-0.39, 0.29) is 17.2 Å². The van der Waals surface area contributed by atoms with Crippen LogP contribution in [0.25, 0.3) is 0 Å². The first-order valence-electron chi connectivity index (χ1n) is 8.06. The van der Waals surface area contributed by atoms with E-state index in [1.54, 1.807) is 14.0 Å². The maximum absolute atomic E-state index is 12.8. The average molecular weight is 294 g/mol. The number of nitrogens with zero attached hydrogens (tertiary/aromatic N) is 1. The number of hydrogen-bond donors (Lipinski definition) is 1. The molecule has 0 saturated heterocycles. The van der Waals surface area contributed by atoms with E-state index >= 15 is 0 Å². The number of hydrogen-bond acceptors (Lipinski definition) is 3. The summed E-state index contributed by atoms with van der Waals surface area (Å²) in [5.74, 6) is 2.07. The lowest BCUT2D eigenvalue weighted by Crippen LogP contribution is -2.56. The predicted molar refractivity (Wildman–Crippen MR) is 78.0 cm³/mol. The van der Waals surface area contributed by atoms with Gasteiger partial charge < -0.3 is 5.32 Å². The van der Waals surface area contributed by atoms with Crippen LogP contribution in [0, 0.1) is 23.2 Å². The third kappa shape index (κ3) is 2.56. The summed E-state index contributed by atoms with van der Waals surface area (Å²) in [5.41, 5.74) is -0.199. The van der Waals surface area contributed by atoms with Gasteiger partial charge in [0, 0.05) is 12.5 Å². The molecule has 4 fully saturated rings. The molecule has 4 aliphatic carbocycles. The highest BCUT2D eigenvalue weighted by atomic mass is 16.7. The minimum Gasteiger partial charge on any atom is -0.344 e. The Balaban J connectivity index is 1.67. The van der Waals surface area contributed by atoms with Gasteiger partial charge in [0.2, 0.25) is 5.91 Å². The van der Waals surface area contributed by atoms with Crippen LogP contribution in [0.1, 0.15) is 45.4 Å². The van der Waals surface area contributed by atoms with Crippen LogP contribution in [0.5, 0.6) is 0 Å². The van der Waals surface area contributed by atoms with Gasteiger partial charge >= 0.3 is 0 Å². The van der Waals surface area contributed by atoms with E-state index in [4.69, 9.17) is 4.84 Å². The molecule has 0 unspecified atom stereocenters. The molecule has 2 amide bonds. The maximum atomic E-state index is 12.8. The molecule has 21 heavy (non-hydrogen) atoms. The van der Waals surface area contributed by atoms with Gasteiger partial charge in [0.25, 0.3) is 5.91 Å². The monoisotopic (exact) mass is 294 g/mol. The summed E-state index contributed by atoms with van der Waals surface area (Å²) in [7, 11) is 3.02. The van der Waals surface area contributed by atoms with Crippen LogP contribution in [0.3, 0.4) is 0 Å². The fourth-order valence-corrected chi connectivity index (χ4v) is 5.16. The van der Waals surface area contributed by atoms with E-state index in [0.29, 0.717) is 0 Å². The first kappa shape index (κ1) is 14.8. The number of likely N-dealkylation sites (N-methyl/N-ethyl adjacent to an activating group) is 1. The first-order chi connectivity index (χ1) is 9.93. The maximum Gasteiger partial charge on any atom is 0.268 e. The second kappa shape index (κ2) is 5.27. The fourth-order valence-electron chi connectivity index (χ4n) is 5.16. The van der Waals surface area contributed by atoms with Crippen molar-refractivity contribution in [2.75, 3.05) is 14.2 Å². The molecule has 1 atom stereocenters. The topological polar surface area (TPSA) is 58.6 Å². The molecule has 4 aliphatic rings. The zero-order chi connectivity index (χ0) is 15.2. The van der Waals surface area contributed by atoms with E-state index in [1.807, 2.05) is 0 Å². The van der Waals surface area contributed by atoms with E-state index in [2.05, 4.69) is 5.32 Å². The summed E-state index contributed by atoms with van der Waals surface area (Å²) in [5, 5.41) is 4.11. The van der Waals surface area contributed by atoms with Crippen LogP contribution in [-0.2, 0) is 14.4 Å². The molecule has 0 heterocycles. The summed E-state index contributed by atoms with van der Waals surface area (Å²) in [4.78, 5) is 29.7. The fraction of sp³-hybridized carbons (Fsp3) is 0.875. The van der Waals surface area contributed by atoms with Crippen molar-refractivity contribution in [2.45, 2.75) is 51.5 Å². The number of hydroxylamine groups is 2. The highest BCUT2D eigenvalue weighted by Gasteiger charge is 2.54. The molecule has 4 bridgehead atoms. The largest absolute Gasteiger partial charge is 0.344 e. The number of amides is 2. The minimum atomic E-state index is -0.532. The van der Waals surface area contributed by atoms with Gasteiger partial charge in [-0.2, -0.15) is 0 Å². The van der Waals surface area contributed by atoms with E-state index in [9.17, 15) is 9.59 Å². The standard InChI is InChI=1S/C16H26N2O3/c1-10(14(19)18(2)21-3)17-15(20)16-7-11-4-12(8-16)6-13(5-11)9-16/h10-13H,4-9H2,1-3H3,(H,17,20)/t10-,11?,12?,13?,16?/m0/s1. The molecule has 4 saturated carbocycles. The Labute approximate surface area is 126 Å². The smallest absolute Gasteiger partial charge is 0.268 e. The van der Waals surface area contributed by atoms with Gasteiger partial charge in [-0.05, 0) is 63.2 Å². The predicted octanol–water partition coefficient (Wildman–Crippen LogP) is 1.73. The Hall–Kier alpha value is -1.10. The number of carbonyl (C=O) groups excluding carboxylic acids is 2. The van der Waals surface area contributed by atoms with Crippen molar-refractivity contribution in [3.63, 3.8) is 0 Å². The van der Waals surface area contributed by atoms with E-state index in [0.717, 1.165) is 37.0 Å². The highest BCUT2D eigenvalue weighted by molar-refractivity contribution is 5.89. The molecule has 5 heteroatoms. The van der Waals surface area contributed by atoms with Gasteiger partial charge in [-0.15, -0.1) is 0 Å². The molecule has 0 radical (unpaired) electrons. The molecular formula is C16H26N2O3. The van der Waals surface area contributed by atoms with Crippen LogP contribution in [-0.4, -0.2) is 37.1 Å². The minimum absolute atomic E-state index is 0.0898. The lowest BCUT2D eigenvalue weighted by Gasteiger charge is -2.55. The molecule has 1 N–H and O–H groups in total. The SMILES string of the molecule is CON(C)C(=O)[C@H](C)NC(=O)C12CC3CC(CC(C3)C1)C2. The van der Waals surface area contributed by atoms with E-state index < -0.39 is 6.04 Å². The van der Waals surface area contributed by atoms with Crippen molar-refractivity contribution in [3.8, 4) is 0 Å². The quantitative estimate of drug-likeness (QED) is 0.803. The normalized spacial score (nSPS) is 38.1. The van der Waals surface area contributed by atoms with Crippen molar-refractivity contribution in [3.05, 3.63) is 0 Å². The van der Waals surface area contributed by atoms with E-state index in [1.165, 1.54) is 31.4 Å². The molecular weight excluding hydrogens is 268 g/mol. The van der Waals surface area contributed by atoms with Gasteiger partial charge in [-0.25, -0.2) is 5.06 Å². The molecule has 0 spiro atoms. The van der Waals surface area contributed by atoms with Gasteiger partial charge in [-0.3, -0.25) is 14.4 Å². The zero-order valence-electron chi connectivity index (χ0n) is 13.2. The summed E-state index contributed by atoms with van der Waals surface area (Å²) < 4.78 is 0. The van der Waals surface area contributed by atoms with Crippen molar-refractivity contribution in [2.24, 2.45) is 23.2 Å². The molecule has 4 rings (SSSR count). The van der Waals surface area contributed by atoms with Gasteiger partial charge in [-0.1, -0.05) is 0 Å². The lowest BCUT2D eigenvalue weighted by atomic mass is 9.49. The zero-order valence-corrected chi connectivity index (χ0v) is 13.2. The summed E-state index contributed by atoms with van der Waals surface area (Å²) in [6.45, 7) is 1.73. The van der Waals surface area contributed by atoms with Crippen LogP contribution in [0.15, 0.2) is 0 Å². The third-order valence-corrected chi connectivity index (χ3v) is 5.82. The molecule has 5 nitrogen and oxygen atoms in total. The van der Waals surface area contributed by atoms with Gasteiger partial charge in [0.05, 0.1) is 7.11 Å². The van der Waals surface area contributed by atoms with Gasteiger partial charge in [0.15, 0.2) is 0 Å². The lowest BCUT2D eigenvalue weighted by molar-refractivity contribution is -0.172. The van der Waals surface area contributed by atoms with Crippen LogP contribution >= 0.6 is 0 Å². The van der Waals surface area contributed by atoms with Crippen LogP contribution < -0.4 is 5.32 Å². The Kier molecular flexibility index (Phi) is 3.72.